The lowest BCUT2D eigenvalue weighted by molar-refractivity contribution is 0.538. The monoisotopic (exact) mass is 293 g/mol. The van der Waals surface area contributed by atoms with E-state index in [2.05, 4.69) is 5.32 Å². The number of nitrogens with one attached hydrogen (secondary N) is 1. The van der Waals surface area contributed by atoms with Crippen LogP contribution in [0.4, 0.5) is 13.2 Å². The molecule has 112 valence electrons. The standard InChI is InChI=1S/C17H18F3N/c1-4-21-17(14-6-5-12(18)9-15(14)20)16-10(2)7-13(19)8-11(16)3/h5-9,17,21H,4H2,1-3H3. The molecule has 1 nitrogen and oxygen atoms in total. The van der Waals surface area contributed by atoms with Crippen LogP contribution in [-0.2, 0) is 0 Å². The minimum absolute atomic E-state index is 0.316. The molecule has 1 N–H and O–H groups in total. The molecule has 0 saturated carbocycles. The van der Waals surface area contributed by atoms with Crippen molar-refractivity contribution in [2.45, 2.75) is 26.8 Å². The minimum atomic E-state index is -0.612. The molecule has 1 unspecified atom stereocenters. The second-order valence-electron chi connectivity index (χ2n) is 5.11. The van der Waals surface area contributed by atoms with Gasteiger partial charge in [-0.3, -0.25) is 0 Å². The van der Waals surface area contributed by atoms with Gasteiger partial charge in [-0.15, -0.1) is 0 Å². The van der Waals surface area contributed by atoms with Crippen LogP contribution in [0.5, 0.6) is 0 Å². The van der Waals surface area contributed by atoms with Crippen molar-refractivity contribution >= 4 is 0 Å². The van der Waals surface area contributed by atoms with Crippen LogP contribution in [0, 0.1) is 31.3 Å². The molecule has 0 spiro atoms. The Labute approximate surface area is 122 Å². The van der Waals surface area contributed by atoms with Gasteiger partial charge >= 0.3 is 0 Å². The SMILES string of the molecule is CCNC(c1ccc(F)cc1F)c1c(C)cc(F)cc1C. The molecule has 21 heavy (non-hydrogen) atoms. The van der Waals surface area contributed by atoms with E-state index in [-0.39, 0.29) is 5.82 Å². The molecule has 2 rings (SSSR count). The number of hydrogen-bond acceptors (Lipinski definition) is 1. The molecule has 2 aromatic carbocycles. The summed E-state index contributed by atoms with van der Waals surface area (Å²) in [4.78, 5) is 0. The third kappa shape index (κ3) is 3.27. The first-order valence-electron chi connectivity index (χ1n) is 6.89. The van der Waals surface area contributed by atoms with Crippen LogP contribution in [0.3, 0.4) is 0 Å². The highest BCUT2D eigenvalue weighted by molar-refractivity contribution is 5.42. The number of halogens is 3. The Morgan fingerprint density at radius 1 is 0.952 bits per heavy atom. The van der Waals surface area contributed by atoms with Crippen LogP contribution in [0.2, 0.25) is 0 Å². The molecule has 0 radical (unpaired) electrons. The summed E-state index contributed by atoms with van der Waals surface area (Å²) in [6.45, 7) is 6.09. The van der Waals surface area contributed by atoms with Gasteiger partial charge in [-0.05, 0) is 55.3 Å². The molecule has 0 aliphatic heterocycles. The largest absolute Gasteiger partial charge is 0.306 e. The molecule has 0 heterocycles. The van der Waals surface area contributed by atoms with Gasteiger partial charge in [0.25, 0.3) is 0 Å². The zero-order valence-electron chi connectivity index (χ0n) is 12.3. The van der Waals surface area contributed by atoms with Gasteiger partial charge in [0.2, 0.25) is 0 Å². The lowest BCUT2D eigenvalue weighted by Crippen LogP contribution is -2.24. The van der Waals surface area contributed by atoms with E-state index >= 15 is 0 Å². The normalized spacial score (nSPS) is 12.5. The second-order valence-corrected chi connectivity index (χ2v) is 5.11. The molecule has 0 aliphatic carbocycles. The first-order chi connectivity index (χ1) is 9.93. The maximum Gasteiger partial charge on any atom is 0.131 e. The Bertz CT molecular complexity index is 629. The van der Waals surface area contributed by atoms with Crippen molar-refractivity contribution in [1.29, 1.82) is 0 Å². The van der Waals surface area contributed by atoms with E-state index in [0.29, 0.717) is 12.1 Å². The summed E-state index contributed by atoms with van der Waals surface area (Å²) >= 11 is 0. The van der Waals surface area contributed by atoms with E-state index in [1.54, 1.807) is 13.8 Å². The predicted octanol–water partition coefficient (Wildman–Crippen LogP) is 4.42. The van der Waals surface area contributed by atoms with Crippen molar-refractivity contribution in [3.05, 3.63) is 70.0 Å². The van der Waals surface area contributed by atoms with Crippen molar-refractivity contribution in [3.63, 3.8) is 0 Å². The molecule has 0 aliphatic rings. The van der Waals surface area contributed by atoms with E-state index < -0.39 is 17.7 Å². The molecular formula is C17H18F3N. The molecule has 0 bridgehead atoms. The zero-order valence-corrected chi connectivity index (χ0v) is 12.3. The van der Waals surface area contributed by atoms with Crippen LogP contribution >= 0.6 is 0 Å². The second kappa shape index (κ2) is 6.31. The summed E-state index contributed by atoms with van der Waals surface area (Å²) in [7, 11) is 0. The van der Waals surface area contributed by atoms with Crippen LogP contribution in [-0.4, -0.2) is 6.54 Å². The van der Waals surface area contributed by atoms with Crippen molar-refractivity contribution in [2.24, 2.45) is 0 Å². The first-order valence-corrected chi connectivity index (χ1v) is 6.89. The Morgan fingerprint density at radius 2 is 1.57 bits per heavy atom. The lowest BCUT2D eigenvalue weighted by Gasteiger charge is -2.23. The fourth-order valence-electron chi connectivity index (χ4n) is 2.68. The minimum Gasteiger partial charge on any atom is -0.306 e. The molecule has 4 heteroatoms. The van der Waals surface area contributed by atoms with E-state index in [0.717, 1.165) is 22.8 Å². The summed E-state index contributed by atoms with van der Waals surface area (Å²) in [6, 6.07) is 5.95. The average molecular weight is 293 g/mol. The third-order valence-corrected chi connectivity index (χ3v) is 3.53. The highest BCUT2D eigenvalue weighted by Crippen LogP contribution is 2.30. The molecule has 1 atom stereocenters. The molecule has 0 saturated heterocycles. The Balaban J connectivity index is 2.59. The summed E-state index contributed by atoms with van der Waals surface area (Å²) in [5, 5.41) is 3.19. The van der Waals surface area contributed by atoms with Crippen molar-refractivity contribution in [3.8, 4) is 0 Å². The van der Waals surface area contributed by atoms with Crippen LogP contribution in [0.25, 0.3) is 0 Å². The number of aryl methyl sites for hydroxylation is 2. The maximum atomic E-state index is 14.1. The number of benzene rings is 2. The zero-order chi connectivity index (χ0) is 15.6. The quantitative estimate of drug-likeness (QED) is 0.880. The van der Waals surface area contributed by atoms with E-state index in [9.17, 15) is 13.2 Å². The van der Waals surface area contributed by atoms with Gasteiger partial charge in [-0.25, -0.2) is 13.2 Å². The van der Waals surface area contributed by atoms with Gasteiger partial charge in [0.15, 0.2) is 0 Å². The van der Waals surface area contributed by atoms with Crippen LogP contribution in [0.15, 0.2) is 30.3 Å². The topological polar surface area (TPSA) is 12.0 Å². The Morgan fingerprint density at radius 3 is 2.10 bits per heavy atom. The Kier molecular flexibility index (Phi) is 4.68. The molecule has 0 amide bonds. The van der Waals surface area contributed by atoms with Gasteiger partial charge < -0.3 is 5.32 Å². The smallest absolute Gasteiger partial charge is 0.131 e. The predicted molar refractivity (Wildman–Crippen MR) is 77.8 cm³/mol. The summed E-state index contributed by atoms with van der Waals surface area (Å²) < 4.78 is 40.6. The van der Waals surface area contributed by atoms with Gasteiger partial charge in [0, 0.05) is 11.6 Å². The average Bonchev–Trinajstić information content (AvgIpc) is 2.37. The summed E-state index contributed by atoms with van der Waals surface area (Å²) in [5.74, 6) is -1.54. The molecule has 2 aromatic rings. The third-order valence-electron chi connectivity index (χ3n) is 3.53. The summed E-state index contributed by atoms with van der Waals surface area (Å²) in [5.41, 5.74) is 2.66. The van der Waals surface area contributed by atoms with Gasteiger partial charge in [0.1, 0.15) is 17.5 Å². The molecular weight excluding hydrogens is 275 g/mol. The van der Waals surface area contributed by atoms with E-state index in [4.69, 9.17) is 0 Å². The van der Waals surface area contributed by atoms with Gasteiger partial charge in [-0.2, -0.15) is 0 Å². The summed E-state index contributed by atoms with van der Waals surface area (Å²) in [6.07, 6.45) is 0. The van der Waals surface area contributed by atoms with E-state index in [1.807, 2.05) is 6.92 Å². The maximum absolute atomic E-state index is 14.1. The van der Waals surface area contributed by atoms with Gasteiger partial charge in [0.05, 0.1) is 6.04 Å². The van der Waals surface area contributed by atoms with Crippen LogP contribution < -0.4 is 5.32 Å². The van der Waals surface area contributed by atoms with Gasteiger partial charge in [-0.1, -0.05) is 13.0 Å². The first kappa shape index (κ1) is 15.6. The van der Waals surface area contributed by atoms with Crippen LogP contribution in [0.1, 0.15) is 35.2 Å². The van der Waals surface area contributed by atoms with Crippen molar-refractivity contribution in [1.82, 2.24) is 5.32 Å². The molecule has 0 aromatic heterocycles. The number of hydrogen-bond donors (Lipinski definition) is 1. The molecule has 0 fully saturated rings. The van der Waals surface area contributed by atoms with Crippen molar-refractivity contribution in [2.75, 3.05) is 6.54 Å². The Hall–Kier alpha value is -1.81. The fraction of sp³-hybridized carbons (Fsp3) is 0.294. The fourth-order valence-corrected chi connectivity index (χ4v) is 2.68. The highest BCUT2D eigenvalue weighted by Gasteiger charge is 2.21. The lowest BCUT2D eigenvalue weighted by atomic mass is 9.90. The van der Waals surface area contributed by atoms with Crippen molar-refractivity contribution < 1.29 is 13.2 Å². The highest BCUT2D eigenvalue weighted by atomic mass is 19.1. The van der Waals surface area contributed by atoms with E-state index in [1.165, 1.54) is 24.3 Å². The number of rotatable bonds is 4.